The van der Waals surface area contributed by atoms with Gasteiger partial charge in [-0.15, -0.1) is 0 Å². The topological polar surface area (TPSA) is 21.3 Å². The standard InChI is InChI=1S/C14H21NO/c1-3-7-14(8-9-15-11-14)12-5-4-6-13(10-12)16-2/h4-6,10,15H,3,7-9,11H2,1-2H3. The smallest absolute Gasteiger partial charge is 0.119 e. The molecule has 0 bridgehead atoms. The molecule has 0 amide bonds. The maximum atomic E-state index is 5.32. The molecular formula is C14H21NO. The van der Waals surface area contributed by atoms with Gasteiger partial charge in [0.1, 0.15) is 5.75 Å². The highest BCUT2D eigenvalue weighted by atomic mass is 16.5. The summed E-state index contributed by atoms with van der Waals surface area (Å²) in [4.78, 5) is 0. The molecule has 1 fully saturated rings. The lowest BCUT2D eigenvalue weighted by Gasteiger charge is -2.28. The van der Waals surface area contributed by atoms with Crippen LogP contribution in [0.5, 0.6) is 5.75 Å². The minimum absolute atomic E-state index is 0.337. The molecule has 0 radical (unpaired) electrons. The Hall–Kier alpha value is -1.02. The first kappa shape index (κ1) is 11.5. The summed E-state index contributed by atoms with van der Waals surface area (Å²) in [5, 5.41) is 3.49. The van der Waals surface area contributed by atoms with Gasteiger partial charge in [-0.05, 0) is 37.1 Å². The van der Waals surface area contributed by atoms with Gasteiger partial charge < -0.3 is 10.1 Å². The van der Waals surface area contributed by atoms with Crippen LogP contribution >= 0.6 is 0 Å². The van der Waals surface area contributed by atoms with E-state index >= 15 is 0 Å². The number of hydrogen-bond acceptors (Lipinski definition) is 2. The number of nitrogens with one attached hydrogen (secondary N) is 1. The van der Waals surface area contributed by atoms with Crippen molar-refractivity contribution in [2.75, 3.05) is 20.2 Å². The second kappa shape index (κ2) is 4.88. The summed E-state index contributed by atoms with van der Waals surface area (Å²) < 4.78 is 5.32. The molecule has 2 rings (SSSR count). The van der Waals surface area contributed by atoms with E-state index in [1.807, 2.05) is 6.07 Å². The summed E-state index contributed by atoms with van der Waals surface area (Å²) >= 11 is 0. The third kappa shape index (κ3) is 2.07. The van der Waals surface area contributed by atoms with Crippen LogP contribution in [0.25, 0.3) is 0 Å². The highest BCUT2D eigenvalue weighted by Gasteiger charge is 2.34. The van der Waals surface area contributed by atoms with Gasteiger partial charge in [0.2, 0.25) is 0 Å². The van der Waals surface area contributed by atoms with Crippen LogP contribution in [-0.4, -0.2) is 20.2 Å². The van der Waals surface area contributed by atoms with Gasteiger partial charge in [-0.2, -0.15) is 0 Å². The van der Waals surface area contributed by atoms with Crippen molar-refractivity contribution in [1.82, 2.24) is 5.32 Å². The minimum atomic E-state index is 0.337. The fourth-order valence-corrected chi connectivity index (χ4v) is 2.78. The minimum Gasteiger partial charge on any atom is -0.497 e. The first-order valence-electron chi connectivity index (χ1n) is 6.16. The maximum absolute atomic E-state index is 5.32. The Bertz CT molecular complexity index is 342. The average Bonchev–Trinajstić information content (AvgIpc) is 2.80. The van der Waals surface area contributed by atoms with E-state index in [0.29, 0.717) is 5.41 Å². The van der Waals surface area contributed by atoms with Gasteiger partial charge in [0.15, 0.2) is 0 Å². The summed E-state index contributed by atoms with van der Waals surface area (Å²) in [7, 11) is 1.73. The zero-order valence-electron chi connectivity index (χ0n) is 10.3. The van der Waals surface area contributed by atoms with Crippen LogP contribution in [0.3, 0.4) is 0 Å². The second-order valence-electron chi connectivity index (χ2n) is 4.69. The summed E-state index contributed by atoms with van der Waals surface area (Å²) in [6.45, 7) is 4.51. The van der Waals surface area contributed by atoms with Crippen molar-refractivity contribution in [3.8, 4) is 5.75 Å². The first-order chi connectivity index (χ1) is 7.80. The van der Waals surface area contributed by atoms with Crippen molar-refractivity contribution in [3.05, 3.63) is 29.8 Å². The Labute approximate surface area is 98.0 Å². The van der Waals surface area contributed by atoms with E-state index in [1.165, 1.54) is 24.8 Å². The van der Waals surface area contributed by atoms with Gasteiger partial charge in [0.05, 0.1) is 7.11 Å². The summed E-state index contributed by atoms with van der Waals surface area (Å²) in [5.74, 6) is 0.972. The molecule has 2 heteroatoms. The highest BCUT2D eigenvalue weighted by Crippen LogP contribution is 2.36. The Kier molecular flexibility index (Phi) is 3.49. The van der Waals surface area contributed by atoms with Crippen LogP contribution in [0.2, 0.25) is 0 Å². The summed E-state index contributed by atoms with van der Waals surface area (Å²) in [6.07, 6.45) is 3.74. The molecule has 1 aliphatic heterocycles. The third-order valence-electron chi connectivity index (χ3n) is 3.65. The number of benzene rings is 1. The highest BCUT2D eigenvalue weighted by molar-refractivity contribution is 5.35. The normalized spacial score (nSPS) is 24.6. The molecule has 1 N–H and O–H groups in total. The third-order valence-corrected chi connectivity index (χ3v) is 3.65. The zero-order valence-corrected chi connectivity index (χ0v) is 10.3. The fraction of sp³-hybridized carbons (Fsp3) is 0.571. The van der Waals surface area contributed by atoms with Gasteiger partial charge in [-0.1, -0.05) is 25.5 Å². The zero-order chi connectivity index (χ0) is 11.4. The van der Waals surface area contributed by atoms with Crippen LogP contribution in [0.1, 0.15) is 31.7 Å². The molecular weight excluding hydrogens is 198 g/mol. The number of hydrogen-bond donors (Lipinski definition) is 1. The monoisotopic (exact) mass is 219 g/mol. The Morgan fingerprint density at radius 3 is 2.94 bits per heavy atom. The molecule has 1 saturated heterocycles. The molecule has 0 aliphatic carbocycles. The molecule has 16 heavy (non-hydrogen) atoms. The number of ether oxygens (including phenoxy) is 1. The summed E-state index contributed by atoms with van der Waals surface area (Å²) in [5.41, 5.74) is 1.77. The van der Waals surface area contributed by atoms with Crippen LogP contribution in [-0.2, 0) is 5.41 Å². The van der Waals surface area contributed by atoms with Crippen LogP contribution in [0.15, 0.2) is 24.3 Å². The predicted octanol–water partition coefficient (Wildman–Crippen LogP) is 2.73. The molecule has 0 spiro atoms. The molecule has 88 valence electrons. The Morgan fingerprint density at radius 2 is 2.31 bits per heavy atom. The molecule has 1 aromatic rings. The molecule has 0 aromatic heterocycles. The SMILES string of the molecule is CCCC1(c2cccc(OC)c2)CCNC1. The molecule has 1 unspecified atom stereocenters. The molecule has 0 saturated carbocycles. The van der Waals surface area contributed by atoms with Crippen molar-refractivity contribution in [2.24, 2.45) is 0 Å². The summed E-state index contributed by atoms with van der Waals surface area (Å²) in [6, 6.07) is 8.56. The quantitative estimate of drug-likeness (QED) is 0.840. The van der Waals surface area contributed by atoms with Gasteiger partial charge >= 0.3 is 0 Å². The van der Waals surface area contributed by atoms with Crippen molar-refractivity contribution in [1.29, 1.82) is 0 Å². The second-order valence-corrected chi connectivity index (χ2v) is 4.69. The van der Waals surface area contributed by atoms with E-state index in [1.54, 1.807) is 7.11 Å². The van der Waals surface area contributed by atoms with Crippen molar-refractivity contribution < 1.29 is 4.74 Å². The van der Waals surface area contributed by atoms with Crippen LogP contribution in [0.4, 0.5) is 0 Å². The van der Waals surface area contributed by atoms with Gasteiger partial charge in [-0.3, -0.25) is 0 Å². The lowest BCUT2D eigenvalue weighted by atomic mass is 9.76. The van der Waals surface area contributed by atoms with E-state index in [-0.39, 0.29) is 0 Å². The van der Waals surface area contributed by atoms with E-state index in [4.69, 9.17) is 4.74 Å². The average molecular weight is 219 g/mol. The predicted molar refractivity (Wildman–Crippen MR) is 67.1 cm³/mol. The van der Waals surface area contributed by atoms with Crippen molar-refractivity contribution in [3.63, 3.8) is 0 Å². The van der Waals surface area contributed by atoms with E-state index in [2.05, 4.69) is 30.4 Å². The van der Waals surface area contributed by atoms with Crippen LogP contribution in [0, 0.1) is 0 Å². The Balaban J connectivity index is 2.30. The lowest BCUT2D eigenvalue weighted by molar-refractivity contribution is 0.402. The molecule has 1 heterocycles. The van der Waals surface area contributed by atoms with Gasteiger partial charge in [-0.25, -0.2) is 0 Å². The van der Waals surface area contributed by atoms with Crippen molar-refractivity contribution in [2.45, 2.75) is 31.6 Å². The molecule has 1 atom stereocenters. The van der Waals surface area contributed by atoms with E-state index in [9.17, 15) is 0 Å². The first-order valence-corrected chi connectivity index (χ1v) is 6.16. The van der Waals surface area contributed by atoms with Crippen LogP contribution < -0.4 is 10.1 Å². The largest absolute Gasteiger partial charge is 0.497 e. The molecule has 1 aromatic carbocycles. The molecule has 1 aliphatic rings. The number of methoxy groups -OCH3 is 1. The van der Waals surface area contributed by atoms with Crippen molar-refractivity contribution >= 4 is 0 Å². The fourth-order valence-electron chi connectivity index (χ4n) is 2.78. The maximum Gasteiger partial charge on any atom is 0.119 e. The van der Waals surface area contributed by atoms with E-state index < -0.39 is 0 Å². The van der Waals surface area contributed by atoms with Gasteiger partial charge in [0.25, 0.3) is 0 Å². The van der Waals surface area contributed by atoms with Gasteiger partial charge in [0, 0.05) is 12.0 Å². The van der Waals surface area contributed by atoms with E-state index in [0.717, 1.165) is 18.8 Å². The molecule has 2 nitrogen and oxygen atoms in total. The lowest BCUT2D eigenvalue weighted by Crippen LogP contribution is -2.28. The Morgan fingerprint density at radius 1 is 1.44 bits per heavy atom. The number of rotatable bonds is 4.